The summed E-state index contributed by atoms with van der Waals surface area (Å²) >= 11 is 0. The molecule has 0 heterocycles. The van der Waals surface area contributed by atoms with Crippen molar-refractivity contribution in [2.24, 2.45) is 0 Å². The number of esters is 1. The fourth-order valence-electron chi connectivity index (χ4n) is 2.96. The van der Waals surface area contributed by atoms with Gasteiger partial charge >= 0.3 is 5.97 Å². The zero-order valence-corrected chi connectivity index (χ0v) is 17.3. The lowest BCUT2D eigenvalue weighted by atomic mass is 10.0. The molecule has 0 bridgehead atoms. The van der Waals surface area contributed by atoms with Crippen LogP contribution in [0.5, 0.6) is 5.75 Å². The van der Waals surface area contributed by atoms with Crippen molar-refractivity contribution < 1.29 is 19.0 Å². The SMILES string of the molecule is CCCCCCCOc1ccc(-c2ccc(C(=O)OC(C)COC)cc2)cc1. The van der Waals surface area contributed by atoms with Crippen molar-refractivity contribution in [2.75, 3.05) is 20.3 Å². The number of unbranched alkanes of at least 4 members (excludes halogenated alkanes) is 4. The summed E-state index contributed by atoms with van der Waals surface area (Å²) in [5.74, 6) is 0.561. The van der Waals surface area contributed by atoms with Crippen molar-refractivity contribution in [1.82, 2.24) is 0 Å². The van der Waals surface area contributed by atoms with Gasteiger partial charge in [-0.2, -0.15) is 0 Å². The molecular weight excluding hydrogens is 352 g/mol. The highest BCUT2D eigenvalue weighted by molar-refractivity contribution is 5.90. The van der Waals surface area contributed by atoms with Crippen LogP contribution in [0.1, 0.15) is 56.3 Å². The fourth-order valence-corrected chi connectivity index (χ4v) is 2.96. The van der Waals surface area contributed by atoms with E-state index in [1.807, 2.05) is 43.3 Å². The Morgan fingerprint density at radius 2 is 1.50 bits per heavy atom. The number of carbonyl (C=O) groups excluding carboxylic acids is 1. The summed E-state index contributed by atoms with van der Waals surface area (Å²) in [4.78, 5) is 12.1. The maximum absolute atomic E-state index is 12.1. The van der Waals surface area contributed by atoms with E-state index in [-0.39, 0.29) is 12.1 Å². The molecule has 0 spiro atoms. The molecule has 0 fully saturated rings. The average molecular weight is 385 g/mol. The topological polar surface area (TPSA) is 44.8 Å². The smallest absolute Gasteiger partial charge is 0.338 e. The van der Waals surface area contributed by atoms with Gasteiger partial charge in [-0.25, -0.2) is 4.79 Å². The van der Waals surface area contributed by atoms with Gasteiger partial charge < -0.3 is 14.2 Å². The van der Waals surface area contributed by atoms with Crippen molar-refractivity contribution >= 4 is 5.97 Å². The molecule has 2 aromatic carbocycles. The maximum Gasteiger partial charge on any atom is 0.338 e. The molecule has 0 saturated carbocycles. The zero-order chi connectivity index (χ0) is 20.2. The fraction of sp³-hybridized carbons (Fsp3) is 0.458. The van der Waals surface area contributed by atoms with E-state index in [1.165, 1.54) is 25.7 Å². The van der Waals surface area contributed by atoms with Crippen LogP contribution in [0.15, 0.2) is 48.5 Å². The summed E-state index contributed by atoms with van der Waals surface area (Å²) in [6.45, 7) is 5.18. The first kappa shape index (κ1) is 22.0. The molecule has 0 amide bonds. The Bertz CT molecular complexity index is 692. The van der Waals surface area contributed by atoms with Crippen LogP contribution in [-0.2, 0) is 9.47 Å². The van der Waals surface area contributed by atoms with Crippen molar-refractivity contribution in [1.29, 1.82) is 0 Å². The Morgan fingerprint density at radius 1 is 0.893 bits per heavy atom. The Labute approximate surface area is 168 Å². The van der Waals surface area contributed by atoms with Crippen LogP contribution >= 0.6 is 0 Å². The first-order chi connectivity index (χ1) is 13.6. The lowest BCUT2D eigenvalue weighted by molar-refractivity contribution is 0.0120. The second-order valence-electron chi connectivity index (χ2n) is 7.04. The van der Waals surface area contributed by atoms with Crippen molar-refractivity contribution in [3.05, 3.63) is 54.1 Å². The predicted octanol–water partition coefficient (Wildman–Crippen LogP) is 5.89. The summed E-state index contributed by atoms with van der Waals surface area (Å²) in [5.41, 5.74) is 2.67. The molecule has 2 aromatic rings. The quantitative estimate of drug-likeness (QED) is 0.338. The molecule has 0 aromatic heterocycles. The van der Waals surface area contributed by atoms with Gasteiger partial charge in [0.05, 0.1) is 18.8 Å². The summed E-state index contributed by atoms with van der Waals surface area (Å²) in [6.07, 6.45) is 5.91. The van der Waals surface area contributed by atoms with Gasteiger partial charge in [-0.1, -0.05) is 56.9 Å². The molecule has 1 unspecified atom stereocenters. The minimum absolute atomic E-state index is 0.267. The van der Waals surface area contributed by atoms with E-state index in [1.54, 1.807) is 19.2 Å². The third-order valence-corrected chi connectivity index (χ3v) is 4.53. The van der Waals surface area contributed by atoms with Crippen LogP contribution in [0.2, 0.25) is 0 Å². The zero-order valence-electron chi connectivity index (χ0n) is 17.3. The molecule has 0 radical (unpaired) electrons. The molecule has 152 valence electrons. The highest BCUT2D eigenvalue weighted by Gasteiger charge is 2.12. The second kappa shape index (κ2) is 12.2. The molecule has 2 rings (SSSR count). The number of methoxy groups -OCH3 is 1. The van der Waals surface area contributed by atoms with Gasteiger partial charge in [0.2, 0.25) is 0 Å². The minimum atomic E-state index is -0.334. The van der Waals surface area contributed by atoms with Crippen LogP contribution in [0.4, 0.5) is 0 Å². The predicted molar refractivity (Wildman–Crippen MR) is 113 cm³/mol. The van der Waals surface area contributed by atoms with Gasteiger partial charge in [0, 0.05) is 7.11 Å². The highest BCUT2D eigenvalue weighted by atomic mass is 16.6. The van der Waals surface area contributed by atoms with Gasteiger partial charge in [-0.05, 0) is 48.7 Å². The molecule has 0 N–H and O–H groups in total. The number of hydrogen-bond donors (Lipinski definition) is 0. The average Bonchev–Trinajstić information content (AvgIpc) is 2.71. The van der Waals surface area contributed by atoms with E-state index in [0.717, 1.165) is 29.9 Å². The Kier molecular flexibility index (Phi) is 9.56. The number of benzene rings is 2. The summed E-state index contributed by atoms with van der Waals surface area (Å²) in [6, 6.07) is 15.5. The van der Waals surface area contributed by atoms with Gasteiger partial charge in [0.15, 0.2) is 0 Å². The number of carbonyl (C=O) groups is 1. The van der Waals surface area contributed by atoms with E-state index >= 15 is 0 Å². The highest BCUT2D eigenvalue weighted by Crippen LogP contribution is 2.23. The molecule has 4 heteroatoms. The van der Waals surface area contributed by atoms with Gasteiger partial charge in [-0.3, -0.25) is 0 Å². The monoisotopic (exact) mass is 384 g/mol. The van der Waals surface area contributed by atoms with E-state index in [2.05, 4.69) is 6.92 Å². The standard InChI is InChI=1S/C24H32O4/c1-4-5-6-7-8-17-27-23-15-13-21(14-16-23)20-9-11-22(12-10-20)24(25)28-19(2)18-26-3/h9-16,19H,4-8,17-18H2,1-3H3. The Balaban J connectivity index is 1.85. The van der Waals surface area contributed by atoms with Crippen LogP contribution < -0.4 is 4.74 Å². The normalized spacial score (nSPS) is 11.8. The van der Waals surface area contributed by atoms with Crippen LogP contribution in [0, 0.1) is 0 Å². The van der Waals surface area contributed by atoms with Crippen LogP contribution in [0.3, 0.4) is 0 Å². The van der Waals surface area contributed by atoms with Crippen LogP contribution in [0.25, 0.3) is 11.1 Å². The summed E-state index contributed by atoms with van der Waals surface area (Å²) in [5, 5.41) is 0. The van der Waals surface area contributed by atoms with Gasteiger partial charge in [-0.15, -0.1) is 0 Å². The third-order valence-electron chi connectivity index (χ3n) is 4.53. The Morgan fingerprint density at radius 3 is 2.11 bits per heavy atom. The molecule has 28 heavy (non-hydrogen) atoms. The van der Waals surface area contributed by atoms with Crippen molar-refractivity contribution in [3.63, 3.8) is 0 Å². The number of rotatable bonds is 12. The molecule has 0 aliphatic heterocycles. The van der Waals surface area contributed by atoms with E-state index in [4.69, 9.17) is 14.2 Å². The summed E-state index contributed by atoms with van der Waals surface area (Å²) in [7, 11) is 1.59. The third kappa shape index (κ3) is 7.35. The lowest BCUT2D eigenvalue weighted by Crippen LogP contribution is -2.19. The van der Waals surface area contributed by atoms with E-state index in [0.29, 0.717) is 12.2 Å². The van der Waals surface area contributed by atoms with E-state index in [9.17, 15) is 4.79 Å². The second-order valence-corrected chi connectivity index (χ2v) is 7.04. The first-order valence-corrected chi connectivity index (χ1v) is 10.2. The molecular formula is C24H32O4. The first-order valence-electron chi connectivity index (χ1n) is 10.2. The largest absolute Gasteiger partial charge is 0.494 e. The lowest BCUT2D eigenvalue weighted by Gasteiger charge is -2.12. The summed E-state index contributed by atoms with van der Waals surface area (Å²) < 4.78 is 16.1. The molecule has 0 aliphatic rings. The molecule has 0 saturated heterocycles. The Hall–Kier alpha value is -2.33. The van der Waals surface area contributed by atoms with Crippen LogP contribution in [-0.4, -0.2) is 32.4 Å². The molecule has 1 atom stereocenters. The van der Waals surface area contributed by atoms with Gasteiger partial charge in [0.25, 0.3) is 0 Å². The van der Waals surface area contributed by atoms with Gasteiger partial charge in [0.1, 0.15) is 11.9 Å². The number of ether oxygens (including phenoxy) is 3. The van der Waals surface area contributed by atoms with Crippen molar-refractivity contribution in [2.45, 2.75) is 52.1 Å². The minimum Gasteiger partial charge on any atom is -0.494 e. The maximum atomic E-state index is 12.1. The van der Waals surface area contributed by atoms with Crippen molar-refractivity contribution in [3.8, 4) is 16.9 Å². The molecule has 0 aliphatic carbocycles. The van der Waals surface area contributed by atoms with E-state index < -0.39 is 0 Å². The number of hydrogen-bond acceptors (Lipinski definition) is 4. The molecule has 4 nitrogen and oxygen atoms in total.